The molecule has 0 fully saturated rings. The van der Waals surface area contributed by atoms with Gasteiger partial charge >= 0.3 is 20.3 Å². The number of hydrogen-bond acceptors (Lipinski definition) is 1. The van der Waals surface area contributed by atoms with Gasteiger partial charge in [0, 0.05) is 0 Å². The van der Waals surface area contributed by atoms with Crippen LogP contribution in [0.4, 0.5) is 13.2 Å². The first-order chi connectivity index (χ1) is 4.93. The zero-order valence-corrected chi connectivity index (χ0v) is 7.69. The van der Waals surface area contributed by atoms with Gasteiger partial charge < -0.3 is 4.79 Å². The minimum atomic E-state index is -4.59. The maximum atomic E-state index is 11.8. The highest BCUT2D eigenvalue weighted by atomic mass is 27.2. The number of halogens is 3. The molecule has 11 heavy (non-hydrogen) atoms. The van der Waals surface area contributed by atoms with E-state index in [2.05, 4.69) is 0 Å². The van der Waals surface area contributed by atoms with Gasteiger partial charge in [-0.2, -0.15) is 13.2 Å². The van der Waals surface area contributed by atoms with Crippen LogP contribution in [0.15, 0.2) is 0 Å². The summed E-state index contributed by atoms with van der Waals surface area (Å²) >= 11 is -2.18. The van der Waals surface area contributed by atoms with Gasteiger partial charge in [-0.25, -0.2) is 0 Å². The van der Waals surface area contributed by atoms with Crippen LogP contribution in [0.2, 0.25) is 10.6 Å². The maximum Gasteiger partial charge on any atom is 0.432 e. The Morgan fingerprint density at radius 1 is 1.27 bits per heavy atom. The van der Waals surface area contributed by atoms with Crippen LogP contribution in [0.5, 0.6) is 0 Å². The number of hydrogen-bond donors (Lipinski definition) is 0. The van der Waals surface area contributed by atoms with Crippen LogP contribution >= 0.6 is 0 Å². The van der Waals surface area contributed by atoms with Crippen LogP contribution in [0.1, 0.15) is 13.8 Å². The molecule has 0 N–H and O–H groups in total. The third kappa shape index (κ3) is 3.26. The van der Waals surface area contributed by atoms with Gasteiger partial charge in [-0.15, -0.1) is 0 Å². The Morgan fingerprint density at radius 2 is 1.64 bits per heavy atom. The lowest BCUT2D eigenvalue weighted by Gasteiger charge is -2.08. The van der Waals surface area contributed by atoms with Crippen molar-refractivity contribution in [2.45, 2.75) is 30.6 Å². The van der Waals surface area contributed by atoms with Gasteiger partial charge in [0.1, 0.15) is 4.65 Å². The predicted octanol–water partition coefficient (Wildman–Crippen LogP) is 2.19. The van der Waals surface area contributed by atoms with Crippen molar-refractivity contribution in [3.8, 4) is 0 Å². The lowest BCUT2D eigenvalue weighted by Crippen LogP contribution is -2.36. The minimum Gasteiger partial charge on any atom is -0.311 e. The molecule has 0 unspecified atom stereocenters. The molecule has 0 radical (unpaired) electrons. The average molecular weight is 182 g/mol. The molecule has 0 amide bonds. The molecule has 0 saturated carbocycles. The average Bonchev–Trinajstić information content (AvgIpc) is 1.88. The van der Waals surface area contributed by atoms with E-state index < -0.39 is 25.0 Å². The van der Waals surface area contributed by atoms with E-state index in [1.165, 1.54) is 0 Å². The second kappa shape index (κ2) is 4.13. The molecule has 0 atom stereocenters. The van der Waals surface area contributed by atoms with Crippen LogP contribution in [0, 0.1) is 0 Å². The van der Waals surface area contributed by atoms with Gasteiger partial charge in [0.05, 0.1) is 0 Å². The highest BCUT2D eigenvalue weighted by molar-refractivity contribution is 6.90. The summed E-state index contributed by atoms with van der Waals surface area (Å²) < 4.78 is 33.8. The summed E-state index contributed by atoms with van der Waals surface area (Å²) in [4.78, 5) is 10.6. The monoisotopic (exact) mass is 182 g/mol. The van der Waals surface area contributed by atoms with Crippen LogP contribution < -0.4 is 0 Å². The third-order valence-corrected chi connectivity index (χ3v) is 4.68. The molecule has 0 rings (SSSR count). The fraction of sp³-hybridized carbons (Fsp3) is 0.833. The van der Waals surface area contributed by atoms with Crippen molar-refractivity contribution in [2.75, 3.05) is 0 Å². The smallest absolute Gasteiger partial charge is 0.311 e. The van der Waals surface area contributed by atoms with Gasteiger partial charge in [0.25, 0.3) is 0 Å². The molecule has 0 aliphatic rings. The van der Waals surface area contributed by atoms with Crippen molar-refractivity contribution >= 4 is 18.8 Å². The lowest BCUT2D eigenvalue weighted by atomic mass is 10.7. The molecule has 0 heterocycles. The van der Waals surface area contributed by atoms with Gasteiger partial charge in [-0.3, -0.25) is 0 Å². The first kappa shape index (κ1) is 11.0. The first-order valence-corrected chi connectivity index (χ1v) is 5.75. The van der Waals surface area contributed by atoms with Gasteiger partial charge in [-0.1, -0.05) is 24.4 Å². The molecular weight excluding hydrogens is 172 g/mol. The number of alkyl halides is 3. The molecule has 5 heteroatoms. The number of rotatable bonds is 3. The van der Waals surface area contributed by atoms with E-state index in [0.29, 0.717) is 10.6 Å². The topological polar surface area (TPSA) is 17.1 Å². The standard InChI is InChI=1S/C2F3O.2C2H5.Al/c3-2(4,5)1-6;2*1-2;/h;2*1H2,2H3;. The molecule has 0 aromatic rings. The highest BCUT2D eigenvalue weighted by Gasteiger charge is 2.43. The predicted molar refractivity (Wildman–Crippen MR) is 37.8 cm³/mol. The summed E-state index contributed by atoms with van der Waals surface area (Å²) in [5.74, 6) is 0. The van der Waals surface area contributed by atoms with Crippen LogP contribution in [-0.4, -0.2) is 25.0 Å². The molecule has 0 aromatic carbocycles. The summed E-state index contributed by atoms with van der Waals surface area (Å²) in [6.07, 6.45) is -4.59. The van der Waals surface area contributed by atoms with E-state index in [-0.39, 0.29) is 0 Å². The van der Waals surface area contributed by atoms with Crippen molar-refractivity contribution in [1.82, 2.24) is 0 Å². The molecule has 0 saturated heterocycles. The minimum absolute atomic E-state index is 0.398. The zero-order chi connectivity index (χ0) is 9.07. The maximum absolute atomic E-state index is 11.8. The SMILES string of the molecule is C[CH2][Al]([CH2]C)[C](=O)C(F)(F)F. The Bertz CT molecular complexity index is 139. The number of carbonyl (C=O) groups excluding carboxylic acids is 1. The first-order valence-electron chi connectivity index (χ1n) is 3.54. The normalized spacial score (nSPS) is 11.4. The Kier molecular flexibility index (Phi) is 4.12. The zero-order valence-electron chi connectivity index (χ0n) is 6.53. The molecule has 64 valence electrons. The summed E-state index contributed by atoms with van der Waals surface area (Å²) in [6, 6.07) is 0. The summed E-state index contributed by atoms with van der Waals surface area (Å²) in [6.45, 7) is 3.29. The molecule has 0 aliphatic heterocycles. The highest BCUT2D eigenvalue weighted by Crippen LogP contribution is 2.19. The van der Waals surface area contributed by atoms with Crippen LogP contribution in [0.3, 0.4) is 0 Å². The second-order valence-electron chi connectivity index (χ2n) is 2.38. The fourth-order valence-electron chi connectivity index (χ4n) is 0.891. The molecular formula is C6H10AlF3O. The van der Waals surface area contributed by atoms with Crippen LogP contribution in [0.25, 0.3) is 0 Å². The van der Waals surface area contributed by atoms with Gasteiger partial charge in [-0.05, 0) is 0 Å². The Morgan fingerprint density at radius 3 is 1.73 bits per heavy atom. The van der Waals surface area contributed by atoms with Crippen LogP contribution in [-0.2, 0) is 4.79 Å². The third-order valence-electron chi connectivity index (χ3n) is 1.64. The molecule has 1 nitrogen and oxygen atoms in total. The lowest BCUT2D eigenvalue weighted by molar-refractivity contribution is -0.162. The van der Waals surface area contributed by atoms with Crippen molar-refractivity contribution in [3.63, 3.8) is 0 Å². The molecule has 0 aliphatic carbocycles. The van der Waals surface area contributed by atoms with Crippen molar-refractivity contribution < 1.29 is 18.0 Å². The van der Waals surface area contributed by atoms with Gasteiger partial charge in [0.15, 0.2) is 0 Å². The Balaban J connectivity index is 4.22. The molecule has 0 bridgehead atoms. The number of carbonyl (C=O) groups is 1. The summed E-state index contributed by atoms with van der Waals surface area (Å²) in [7, 11) is 0. The van der Waals surface area contributed by atoms with E-state index in [9.17, 15) is 18.0 Å². The Labute approximate surface area is 68.0 Å². The summed E-state index contributed by atoms with van der Waals surface area (Å²) in [5.41, 5.74) is 0. The van der Waals surface area contributed by atoms with E-state index in [1.54, 1.807) is 13.8 Å². The fourth-order valence-corrected chi connectivity index (χ4v) is 2.67. The van der Waals surface area contributed by atoms with E-state index >= 15 is 0 Å². The quantitative estimate of drug-likeness (QED) is 0.611. The second-order valence-corrected chi connectivity index (χ2v) is 5.93. The van der Waals surface area contributed by atoms with E-state index in [4.69, 9.17) is 0 Å². The summed E-state index contributed by atoms with van der Waals surface area (Å²) in [5, 5.41) is 0.795. The van der Waals surface area contributed by atoms with Crippen molar-refractivity contribution in [2.24, 2.45) is 0 Å². The largest absolute Gasteiger partial charge is 0.432 e. The van der Waals surface area contributed by atoms with Crippen molar-refractivity contribution in [3.05, 3.63) is 0 Å². The Hall–Kier alpha value is -0.00753. The molecule has 0 aromatic heterocycles. The van der Waals surface area contributed by atoms with Gasteiger partial charge in [0.2, 0.25) is 0 Å². The molecule has 0 spiro atoms. The van der Waals surface area contributed by atoms with E-state index in [0.717, 1.165) is 0 Å². The van der Waals surface area contributed by atoms with Crippen molar-refractivity contribution in [1.29, 1.82) is 0 Å². The van der Waals surface area contributed by atoms with E-state index in [1.807, 2.05) is 0 Å².